The predicted octanol–water partition coefficient (Wildman–Crippen LogP) is 4.54. The number of carbonyl (C=O) groups excluding carboxylic acids is 1. The van der Waals surface area contributed by atoms with Crippen LogP contribution in [0.2, 0.25) is 5.02 Å². The zero-order valence-electron chi connectivity index (χ0n) is 17.6. The van der Waals surface area contributed by atoms with Gasteiger partial charge in [0.15, 0.2) is 11.5 Å². The summed E-state index contributed by atoms with van der Waals surface area (Å²) < 4.78 is 10.9. The van der Waals surface area contributed by atoms with E-state index in [4.69, 9.17) is 21.1 Å². The molecule has 160 valence electrons. The van der Waals surface area contributed by atoms with Gasteiger partial charge < -0.3 is 14.8 Å². The summed E-state index contributed by atoms with van der Waals surface area (Å²) in [7, 11) is 1.55. The lowest BCUT2D eigenvalue weighted by Gasteiger charge is -2.32. The highest BCUT2D eigenvalue weighted by Gasteiger charge is 2.20. The van der Waals surface area contributed by atoms with Gasteiger partial charge in [0.05, 0.1) is 18.7 Å². The van der Waals surface area contributed by atoms with E-state index in [-0.39, 0.29) is 11.9 Å². The molecule has 0 atom stereocenters. The van der Waals surface area contributed by atoms with E-state index in [1.54, 1.807) is 25.3 Å². The van der Waals surface area contributed by atoms with Crippen molar-refractivity contribution in [3.8, 4) is 11.5 Å². The van der Waals surface area contributed by atoms with Crippen LogP contribution >= 0.6 is 11.6 Å². The van der Waals surface area contributed by atoms with E-state index in [1.807, 2.05) is 19.1 Å². The lowest BCUT2D eigenvalue weighted by atomic mass is 10.0. The highest BCUT2D eigenvalue weighted by atomic mass is 35.5. The van der Waals surface area contributed by atoms with E-state index in [1.165, 1.54) is 5.56 Å². The van der Waals surface area contributed by atoms with Gasteiger partial charge >= 0.3 is 0 Å². The van der Waals surface area contributed by atoms with Crippen LogP contribution in [-0.4, -0.2) is 43.7 Å². The Morgan fingerprint density at radius 2 is 1.97 bits per heavy atom. The number of carbonyl (C=O) groups is 1. The van der Waals surface area contributed by atoms with Crippen molar-refractivity contribution in [1.82, 2.24) is 10.2 Å². The maximum atomic E-state index is 12.4. The highest BCUT2D eigenvalue weighted by molar-refractivity contribution is 6.32. The smallest absolute Gasteiger partial charge is 0.244 e. The molecule has 5 nitrogen and oxygen atoms in total. The standard InChI is InChI=1S/C24H29ClN2O3/c1-3-30-22-16-19(15-21(25)24(22)29-2)9-10-23(28)26-20-11-13-27(14-12-20)17-18-7-5-4-6-8-18/h4-10,15-16,20H,3,11-14,17H2,1-2H3,(H,26,28)/b10-9+. The Hall–Kier alpha value is -2.50. The Bertz CT molecular complexity index is 862. The number of piperidine rings is 1. The first-order valence-corrected chi connectivity index (χ1v) is 10.7. The van der Waals surface area contributed by atoms with Crippen molar-refractivity contribution >= 4 is 23.6 Å². The second-order valence-electron chi connectivity index (χ2n) is 7.35. The minimum atomic E-state index is -0.0959. The molecule has 1 saturated heterocycles. The maximum absolute atomic E-state index is 12.4. The van der Waals surface area contributed by atoms with Gasteiger partial charge in [0.25, 0.3) is 0 Å². The largest absolute Gasteiger partial charge is 0.491 e. The molecule has 0 radical (unpaired) electrons. The summed E-state index contributed by atoms with van der Waals surface area (Å²) in [5, 5.41) is 3.56. The number of hydrogen-bond acceptors (Lipinski definition) is 4. The minimum absolute atomic E-state index is 0.0959. The number of likely N-dealkylation sites (tertiary alicyclic amines) is 1. The third kappa shape index (κ3) is 6.25. The van der Waals surface area contributed by atoms with Crippen molar-refractivity contribution in [3.05, 3.63) is 64.7 Å². The number of ether oxygens (including phenoxy) is 2. The van der Waals surface area contributed by atoms with Crippen molar-refractivity contribution in [2.24, 2.45) is 0 Å². The highest BCUT2D eigenvalue weighted by Crippen LogP contribution is 2.36. The molecular weight excluding hydrogens is 400 g/mol. The van der Waals surface area contributed by atoms with Crippen LogP contribution in [0.25, 0.3) is 6.08 Å². The van der Waals surface area contributed by atoms with Crippen LogP contribution in [0.5, 0.6) is 11.5 Å². The lowest BCUT2D eigenvalue weighted by molar-refractivity contribution is -0.117. The number of benzene rings is 2. The summed E-state index contributed by atoms with van der Waals surface area (Å²) in [6.07, 6.45) is 5.20. The van der Waals surface area contributed by atoms with Gasteiger partial charge in [-0.15, -0.1) is 0 Å². The fourth-order valence-electron chi connectivity index (χ4n) is 3.64. The number of rotatable bonds is 8. The lowest BCUT2D eigenvalue weighted by Crippen LogP contribution is -2.43. The molecule has 1 aliphatic rings. The number of halogens is 1. The summed E-state index contributed by atoms with van der Waals surface area (Å²) in [4.78, 5) is 14.8. The molecule has 3 rings (SSSR count). The second kappa shape index (κ2) is 11.0. The zero-order chi connectivity index (χ0) is 21.3. The Morgan fingerprint density at radius 1 is 1.23 bits per heavy atom. The van der Waals surface area contributed by atoms with Crippen LogP contribution in [0.3, 0.4) is 0 Å². The first-order chi connectivity index (χ1) is 14.6. The molecule has 0 aliphatic carbocycles. The van der Waals surface area contributed by atoms with Gasteiger partial charge in [0, 0.05) is 31.8 Å². The molecule has 1 N–H and O–H groups in total. The first kappa shape index (κ1) is 22.2. The van der Waals surface area contributed by atoms with Crippen LogP contribution in [0.1, 0.15) is 30.9 Å². The molecular formula is C24H29ClN2O3. The Morgan fingerprint density at radius 3 is 2.63 bits per heavy atom. The SMILES string of the molecule is CCOc1cc(/C=C/C(=O)NC2CCN(Cc3ccccc3)CC2)cc(Cl)c1OC. The quantitative estimate of drug-likeness (QED) is 0.627. The molecule has 0 aromatic heterocycles. The number of nitrogens with zero attached hydrogens (tertiary/aromatic N) is 1. The average Bonchev–Trinajstić information content (AvgIpc) is 2.75. The third-order valence-electron chi connectivity index (χ3n) is 5.15. The van der Waals surface area contributed by atoms with Crippen LogP contribution in [0.15, 0.2) is 48.5 Å². The van der Waals surface area contributed by atoms with E-state index in [0.29, 0.717) is 23.1 Å². The minimum Gasteiger partial charge on any atom is -0.491 e. The monoisotopic (exact) mass is 428 g/mol. The number of hydrogen-bond donors (Lipinski definition) is 1. The third-order valence-corrected chi connectivity index (χ3v) is 5.43. The molecule has 0 spiro atoms. The van der Waals surface area contributed by atoms with Gasteiger partial charge in [-0.2, -0.15) is 0 Å². The van der Waals surface area contributed by atoms with Crippen molar-refractivity contribution < 1.29 is 14.3 Å². The summed E-state index contributed by atoms with van der Waals surface area (Å²) in [5.74, 6) is 0.974. The summed E-state index contributed by atoms with van der Waals surface area (Å²) >= 11 is 6.27. The van der Waals surface area contributed by atoms with Crippen molar-refractivity contribution in [1.29, 1.82) is 0 Å². The molecule has 2 aromatic rings. The van der Waals surface area contributed by atoms with Crippen LogP contribution < -0.4 is 14.8 Å². The molecule has 6 heteroatoms. The molecule has 0 unspecified atom stereocenters. The van der Waals surface area contributed by atoms with Crippen molar-refractivity contribution in [3.63, 3.8) is 0 Å². The van der Waals surface area contributed by atoms with Gasteiger partial charge in [-0.3, -0.25) is 9.69 Å². The molecule has 1 heterocycles. The zero-order valence-corrected chi connectivity index (χ0v) is 18.3. The fourth-order valence-corrected chi connectivity index (χ4v) is 3.94. The Labute approximate surface area is 183 Å². The van der Waals surface area contributed by atoms with Gasteiger partial charge in [-0.1, -0.05) is 41.9 Å². The molecule has 0 saturated carbocycles. The first-order valence-electron chi connectivity index (χ1n) is 10.3. The molecule has 1 amide bonds. The van der Waals surface area contributed by atoms with Crippen LogP contribution in [0, 0.1) is 0 Å². The van der Waals surface area contributed by atoms with E-state index >= 15 is 0 Å². The van der Waals surface area contributed by atoms with Gasteiger partial charge in [0.1, 0.15) is 0 Å². The maximum Gasteiger partial charge on any atom is 0.244 e. The summed E-state index contributed by atoms with van der Waals surface area (Å²) in [6.45, 7) is 5.32. The molecule has 30 heavy (non-hydrogen) atoms. The van der Waals surface area contributed by atoms with E-state index in [2.05, 4.69) is 34.5 Å². The van der Waals surface area contributed by atoms with Crippen molar-refractivity contribution in [2.75, 3.05) is 26.8 Å². The van der Waals surface area contributed by atoms with Crippen LogP contribution in [-0.2, 0) is 11.3 Å². The van der Waals surface area contributed by atoms with Crippen molar-refractivity contribution in [2.45, 2.75) is 32.4 Å². The number of nitrogens with one attached hydrogen (secondary N) is 1. The number of amides is 1. The summed E-state index contributed by atoms with van der Waals surface area (Å²) in [5.41, 5.74) is 2.12. The van der Waals surface area contributed by atoms with Gasteiger partial charge in [-0.25, -0.2) is 0 Å². The normalized spacial score (nSPS) is 15.3. The molecule has 1 fully saturated rings. The molecule has 0 bridgehead atoms. The number of methoxy groups -OCH3 is 1. The predicted molar refractivity (Wildman–Crippen MR) is 121 cm³/mol. The molecule has 1 aliphatic heterocycles. The van der Waals surface area contributed by atoms with E-state index < -0.39 is 0 Å². The topological polar surface area (TPSA) is 50.8 Å². The average molecular weight is 429 g/mol. The van der Waals surface area contributed by atoms with E-state index in [0.717, 1.165) is 38.0 Å². The van der Waals surface area contributed by atoms with Gasteiger partial charge in [-0.05, 0) is 49.1 Å². The molecule has 2 aromatic carbocycles. The Balaban J connectivity index is 1.50. The summed E-state index contributed by atoms with van der Waals surface area (Å²) in [6, 6.07) is 14.3. The Kier molecular flexibility index (Phi) is 8.17. The van der Waals surface area contributed by atoms with E-state index in [9.17, 15) is 4.79 Å². The fraction of sp³-hybridized carbons (Fsp3) is 0.375. The van der Waals surface area contributed by atoms with Gasteiger partial charge in [0.2, 0.25) is 5.91 Å². The van der Waals surface area contributed by atoms with Crippen LogP contribution in [0.4, 0.5) is 0 Å². The second-order valence-corrected chi connectivity index (χ2v) is 7.75.